The van der Waals surface area contributed by atoms with Crippen LogP contribution in [0.1, 0.15) is 22.5 Å². The smallest absolute Gasteiger partial charge is 0.265 e. The summed E-state index contributed by atoms with van der Waals surface area (Å²) in [5.41, 5.74) is 0. The Bertz CT molecular complexity index is 941. The van der Waals surface area contributed by atoms with E-state index in [0.717, 1.165) is 22.7 Å². The Hall–Kier alpha value is -2.58. The monoisotopic (exact) mass is 430 g/mol. The molecule has 0 unspecified atom stereocenters. The third kappa shape index (κ3) is 4.23. The number of hydrogen-bond donors (Lipinski definition) is 0. The SMILES string of the molecule is COc1cccc(OC)c1OC1CCN(C(=O)c2cnc(-c3cccs3)s2)CC1. The number of para-hydroxylation sites is 1. The number of carbonyl (C=O) groups is 1. The van der Waals surface area contributed by atoms with Crippen LogP contribution in [0, 0.1) is 0 Å². The van der Waals surface area contributed by atoms with Crippen molar-refractivity contribution < 1.29 is 19.0 Å². The van der Waals surface area contributed by atoms with Crippen molar-refractivity contribution in [2.24, 2.45) is 0 Å². The molecule has 3 aromatic rings. The zero-order valence-corrected chi connectivity index (χ0v) is 17.9. The van der Waals surface area contributed by atoms with Crippen LogP contribution in [0.15, 0.2) is 41.9 Å². The number of thiazole rings is 1. The van der Waals surface area contributed by atoms with Gasteiger partial charge in [0.15, 0.2) is 11.5 Å². The van der Waals surface area contributed by atoms with Crippen LogP contribution in [0.5, 0.6) is 17.2 Å². The van der Waals surface area contributed by atoms with Crippen LogP contribution in [0.2, 0.25) is 0 Å². The molecule has 29 heavy (non-hydrogen) atoms. The van der Waals surface area contributed by atoms with Crippen molar-refractivity contribution in [1.29, 1.82) is 0 Å². The van der Waals surface area contributed by atoms with Gasteiger partial charge in [0.2, 0.25) is 5.75 Å². The fourth-order valence-electron chi connectivity index (χ4n) is 3.32. The lowest BCUT2D eigenvalue weighted by Crippen LogP contribution is -2.41. The van der Waals surface area contributed by atoms with Gasteiger partial charge < -0.3 is 19.1 Å². The molecule has 152 valence electrons. The molecule has 0 bridgehead atoms. The summed E-state index contributed by atoms with van der Waals surface area (Å²) in [5, 5.41) is 2.91. The predicted octanol–water partition coefficient (Wildman–Crippen LogP) is 4.57. The molecule has 0 atom stereocenters. The Morgan fingerprint density at radius 2 is 1.83 bits per heavy atom. The second-order valence-electron chi connectivity index (χ2n) is 6.61. The Morgan fingerprint density at radius 1 is 1.10 bits per heavy atom. The van der Waals surface area contributed by atoms with E-state index in [1.54, 1.807) is 31.8 Å². The van der Waals surface area contributed by atoms with Gasteiger partial charge in [-0.2, -0.15) is 0 Å². The van der Waals surface area contributed by atoms with Crippen molar-refractivity contribution in [2.75, 3.05) is 27.3 Å². The molecule has 1 aromatic carbocycles. The van der Waals surface area contributed by atoms with Crippen LogP contribution < -0.4 is 14.2 Å². The zero-order chi connectivity index (χ0) is 20.2. The fourth-order valence-corrected chi connectivity index (χ4v) is 5.01. The van der Waals surface area contributed by atoms with Gasteiger partial charge in [-0.1, -0.05) is 12.1 Å². The molecule has 1 saturated heterocycles. The van der Waals surface area contributed by atoms with Gasteiger partial charge in [-0.25, -0.2) is 4.98 Å². The molecule has 2 aromatic heterocycles. The average molecular weight is 431 g/mol. The minimum absolute atomic E-state index is 0.00684. The van der Waals surface area contributed by atoms with Crippen LogP contribution in [-0.4, -0.2) is 49.2 Å². The second kappa shape index (κ2) is 8.84. The molecule has 0 N–H and O–H groups in total. The molecule has 3 heterocycles. The van der Waals surface area contributed by atoms with E-state index < -0.39 is 0 Å². The molecule has 0 spiro atoms. The van der Waals surface area contributed by atoms with Gasteiger partial charge in [-0.3, -0.25) is 4.79 Å². The number of likely N-dealkylation sites (tertiary alicyclic amines) is 1. The summed E-state index contributed by atoms with van der Waals surface area (Å²) in [6, 6.07) is 9.58. The molecular weight excluding hydrogens is 408 g/mol. The molecule has 1 fully saturated rings. The maximum absolute atomic E-state index is 12.9. The standard InChI is InChI=1S/C21H22N2O4S2/c1-25-15-5-3-6-16(26-2)19(15)27-14-8-10-23(11-9-14)21(24)18-13-22-20(29-18)17-7-4-12-28-17/h3-7,12-14H,8-11H2,1-2H3. The summed E-state index contributed by atoms with van der Waals surface area (Å²) < 4.78 is 17.0. The van der Waals surface area contributed by atoms with E-state index in [1.807, 2.05) is 40.6 Å². The first kappa shape index (κ1) is 19.7. The maximum atomic E-state index is 12.9. The van der Waals surface area contributed by atoms with Crippen molar-refractivity contribution in [3.05, 3.63) is 46.8 Å². The summed E-state index contributed by atoms with van der Waals surface area (Å²) in [6.07, 6.45) is 3.20. The Labute approximate surface area is 177 Å². The fraction of sp³-hybridized carbons (Fsp3) is 0.333. The number of ether oxygens (including phenoxy) is 3. The molecule has 1 aliphatic heterocycles. The number of thiophene rings is 1. The van der Waals surface area contributed by atoms with Gasteiger partial charge in [0, 0.05) is 25.9 Å². The summed E-state index contributed by atoms with van der Waals surface area (Å²) >= 11 is 3.08. The number of hydrogen-bond acceptors (Lipinski definition) is 7. The lowest BCUT2D eigenvalue weighted by atomic mass is 10.1. The molecule has 4 rings (SSSR count). The van der Waals surface area contributed by atoms with E-state index in [0.29, 0.717) is 35.2 Å². The van der Waals surface area contributed by atoms with E-state index in [9.17, 15) is 4.79 Å². The van der Waals surface area contributed by atoms with E-state index in [1.165, 1.54) is 11.3 Å². The lowest BCUT2D eigenvalue weighted by Gasteiger charge is -2.32. The third-order valence-electron chi connectivity index (χ3n) is 4.84. The van der Waals surface area contributed by atoms with Crippen molar-refractivity contribution >= 4 is 28.6 Å². The Balaban J connectivity index is 1.38. The van der Waals surface area contributed by atoms with Gasteiger partial charge in [0.1, 0.15) is 16.0 Å². The zero-order valence-electron chi connectivity index (χ0n) is 16.3. The van der Waals surface area contributed by atoms with Crippen molar-refractivity contribution in [1.82, 2.24) is 9.88 Å². The largest absolute Gasteiger partial charge is 0.493 e. The van der Waals surface area contributed by atoms with Crippen LogP contribution in [0.3, 0.4) is 0 Å². The molecular formula is C21H22N2O4S2. The van der Waals surface area contributed by atoms with E-state index >= 15 is 0 Å². The third-order valence-corrected chi connectivity index (χ3v) is 6.87. The Morgan fingerprint density at radius 3 is 2.45 bits per heavy atom. The number of piperidine rings is 1. The highest BCUT2D eigenvalue weighted by Gasteiger charge is 2.27. The summed E-state index contributed by atoms with van der Waals surface area (Å²) in [7, 11) is 3.23. The second-order valence-corrected chi connectivity index (χ2v) is 8.59. The van der Waals surface area contributed by atoms with E-state index in [4.69, 9.17) is 14.2 Å². The molecule has 0 saturated carbocycles. The highest BCUT2D eigenvalue weighted by atomic mass is 32.1. The minimum atomic E-state index is 0.00684. The van der Waals surface area contributed by atoms with Gasteiger partial charge >= 0.3 is 0 Å². The number of benzene rings is 1. The van der Waals surface area contributed by atoms with Crippen LogP contribution in [0.25, 0.3) is 9.88 Å². The van der Waals surface area contributed by atoms with Gasteiger partial charge in [0.05, 0.1) is 25.3 Å². The van der Waals surface area contributed by atoms with Gasteiger partial charge in [-0.15, -0.1) is 22.7 Å². The van der Waals surface area contributed by atoms with Crippen LogP contribution in [-0.2, 0) is 0 Å². The number of methoxy groups -OCH3 is 2. The van der Waals surface area contributed by atoms with E-state index in [-0.39, 0.29) is 12.0 Å². The average Bonchev–Trinajstić information content (AvgIpc) is 3.46. The predicted molar refractivity (Wildman–Crippen MR) is 115 cm³/mol. The number of nitrogens with zero attached hydrogens (tertiary/aromatic N) is 2. The molecule has 8 heteroatoms. The van der Waals surface area contributed by atoms with Crippen LogP contribution in [0.4, 0.5) is 0 Å². The molecule has 1 aliphatic rings. The molecule has 0 aliphatic carbocycles. The molecule has 0 radical (unpaired) electrons. The molecule has 1 amide bonds. The van der Waals surface area contributed by atoms with Crippen molar-refractivity contribution in [3.8, 4) is 27.1 Å². The van der Waals surface area contributed by atoms with E-state index in [2.05, 4.69) is 4.98 Å². The Kier molecular flexibility index (Phi) is 6.01. The number of aromatic nitrogens is 1. The first-order valence-corrected chi connectivity index (χ1v) is 11.1. The van der Waals surface area contributed by atoms with Crippen LogP contribution >= 0.6 is 22.7 Å². The highest BCUT2D eigenvalue weighted by Crippen LogP contribution is 2.38. The summed E-state index contributed by atoms with van der Waals surface area (Å²) in [6.45, 7) is 1.29. The summed E-state index contributed by atoms with van der Waals surface area (Å²) in [4.78, 5) is 20.9. The quantitative estimate of drug-likeness (QED) is 0.573. The first-order valence-electron chi connectivity index (χ1n) is 9.36. The van der Waals surface area contributed by atoms with Gasteiger partial charge in [-0.05, 0) is 23.6 Å². The number of amides is 1. The highest BCUT2D eigenvalue weighted by molar-refractivity contribution is 7.21. The normalized spacial score (nSPS) is 14.6. The molecule has 6 nitrogen and oxygen atoms in total. The number of carbonyl (C=O) groups excluding carboxylic acids is 1. The number of rotatable bonds is 6. The minimum Gasteiger partial charge on any atom is -0.493 e. The lowest BCUT2D eigenvalue weighted by molar-refractivity contribution is 0.0589. The van der Waals surface area contributed by atoms with Crippen molar-refractivity contribution in [3.63, 3.8) is 0 Å². The first-order chi connectivity index (χ1) is 14.2. The van der Waals surface area contributed by atoms with Gasteiger partial charge in [0.25, 0.3) is 5.91 Å². The maximum Gasteiger partial charge on any atom is 0.265 e. The summed E-state index contributed by atoms with van der Waals surface area (Å²) in [5.74, 6) is 1.95. The van der Waals surface area contributed by atoms with Crippen molar-refractivity contribution in [2.45, 2.75) is 18.9 Å². The topological polar surface area (TPSA) is 60.9 Å².